The van der Waals surface area contributed by atoms with Gasteiger partial charge in [-0.2, -0.15) is 13.5 Å². The number of carbonyl (C=O) groups excluding carboxylic acids is 1. The van der Waals surface area contributed by atoms with Crippen molar-refractivity contribution in [2.24, 2.45) is 7.05 Å². The fourth-order valence-corrected chi connectivity index (χ4v) is 1.73. The van der Waals surface area contributed by atoms with E-state index in [9.17, 15) is 17.1 Å². The number of carbonyl (C=O) groups is 1. The molecular formula is C6H7FN2O4S. The molecule has 14 heavy (non-hydrogen) atoms. The van der Waals surface area contributed by atoms with Gasteiger partial charge in [0.1, 0.15) is 5.56 Å². The van der Waals surface area contributed by atoms with Crippen LogP contribution in [-0.4, -0.2) is 31.3 Å². The van der Waals surface area contributed by atoms with E-state index in [1.54, 1.807) is 0 Å². The van der Waals surface area contributed by atoms with Crippen molar-refractivity contribution in [2.45, 2.75) is 5.03 Å². The van der Waals surface area contributed by atoms with Crippen molar-refractivity contribution < 1.29 is 21.8 Å². The third kappa shape index (κ3) is 1.74. The molecule has 0 aliphatic heterocycles. The van der Waals surface area contributed by atoms with Gasteiger partial charge in [-0.3, -0.25) is 4.68 Å². The standard InChI is InChI=1S/C6H7FN2O4S/c1-9-5(14(7,11)12)4(3-8-9)6(10)13-2/h3H,1-2H3. The number of aryl methyl sites for hydroxylation is 1. The summed E-state index contributed by atoms with van der Waals surface area (Å²) in [6.07, 6.45) is 0.929. The largest absolute Gasteiger partial charge is 0.465 e. The topological polar surface area (TPSA) is 78.3 Å². The maximum atomic E-state index is 12.7. The molecule has 0 saturated carbocycles. The van der Waals surface area contributed by atoms with Crippen molar-refractivity contribution in [2.75, 3.05) is 7.11 Å². The van der Waals surface area contributed by atoms with Gasteiger partial charge in [0.05, 0.1) is 13.3 Å². The van der Waals surface area contributed by atoms with Gasteiger partial charge in [-0.1, -0.05) is 3.89 Å². The summed E-state index contributed by atoms with van der Waals surface area (Å²) < 4.78 is 38.9. The molecule has 8 heteroatoms. The fraction of sp³-hybridized carbons (Fsp3) is 0.333. The zero-order valence-electron chi connectivity index (χ0n) is 7.39. The first-order chi connectivity index (χ1) is 6.38. The Kier molecular flexibility index (Phi) is 2.56. The van der Waals surface area contributed by atoms with E-state index in [0.29, 0.717) is 0 Å². The van der Waals surface area contributed by atoms with Gasteiger partial charge in [0, 0.05) is 7.05 Å². The van der Waals surface area contributed by atoms with Crippen LogP contribution in [0.25, 0.3) is 0 Å². The number of methoxy groups -OCH3 is 1. The Hall–Kier alpha value is -1.44. The van der Waals surface area contributed by atoms with Crippen molar-refractivity contribution in [1.82, 2.24) is 9.78 Å². The second-order valence-corrected chi connectivity index (χ2v) is 3.68. The quantitative estimate of drug-likeness (QED) is 0.514. The molecule has 0 atom stereocenters. The predicted molar refractivity (Wildman–Crippen MR) is 42.8 cm³/mol. The first kappa shape index (κ1) is 10.6. The molecule has 1 aromatic heterocycles. The van der Waals surface area contributed by atoms with Crippen LogP contribution < -0.4 is 0 Å². The van der Waals surface area contributed by atoms with E-state index >= 15 is 0 Å². The highest BCUT2D eigenvalue weighted by Gasteiger charge is 2.27. The molecule has 0 amide bonds. The normalized spacial score (nSPS) is 11.4. The van der Waals surface area contributed by atoms with Crippen LogP contribution >= 0.6 is 0 Å². The number of hydrogen-bond donors (Lipinski definition) is 0. The zero-order valence-corrected chi connectivity index (χ0v) is 8.21. The first-order valence-corrected chi connectivity index (χ1v) is 4.81. The summed E-state index contributed by atoms with van der Waals surface area (Å²) in [5.74, 6) is -0.950. The summed E-state index contributed by atoms with van der Waals surface area (Å²) in [5, 5.41) is 2.65. The Morgan fingerprint density at radius 1 is 1.64 bits per heavy atom. The van der Waals surface area contributed by atoms with Gasteiger partial charge in [-0.15, -0.1) is 0 Å². The second-order valence-electron chi connectivity index (χ2n) is 2.42. The van der Waals surface area contributed by atoms with Crippen LogP contribution in [0.3, 0.4) is 0 Å². The Labute approximate surface area is 79.5 Å². The first-order valence-electron chi connectivity index (χ1n) is 3.43. The molecule has 0 saturated heterocycles. The van der Waals surface area contributed by atoms with Crippen LogP contribution in [0, 0.1) is 0 Å². The highest BCUT2D eigenvalue weighted by atomic mass is 32.3. The number of rotatable bonds is 2. The SMILES string of the molecule is COC(=O)c1cnn(C)c1S(=O)(=O)F. The average Bonchev–Trinajstić information content (AvgIpc) is 2.44. The lowest BCUT2D eigenvalue weighted by Crippen LogP contribution is -2.09. The lowest BCUT2D eigenvalue weighted by Gasteiger charge is -1.98. The maximum Gasteiger partial charge on any atom is 0.350 e. The van der Waals surface area contributed by atoms with Crippen LogP contribution in [0.5, 0.6) is 0 Å². The van der Waals surface area contributed by atoms with Crippen molar-refractivity contribution in [3.05, 3.63) is 11.8 Å². The monoisotopic (exact) mass is 222 g/mol. The average molecular weight is 222 g/mol. The minimum absolute atomic E-state index is 0.419. The van der Waals surface area contributed by atoms with Crippen LogP contribution in [0.2, 0.25) is 0 Å². The van der Waals surface area contributed by atoms with E-state index in [-0.39, 0.29) is 0 Å². The lowest BCUT2D eigenvalue weighted by atomic mass is 10.4. The van der Waals surface area contributed by atoms with Gasteiger partial charge in [0.25, 0.3) is 0 Å². The Balaban J connectivity index is 3.42. The molecule has 0 N–H and O–H groups in total. The molecule has 0 aromatic carbocycles. The summed E-state index contributed by atoms with van der Waals surface area (Å²) in [5.41, 5.74) is -0.419. The molecule has 6 nitrogen and oxygen atoms in total. The molecule has 0 radical (unpaired) electrons. The molecule has 1 rings (SSSR count). The molecule has 0 aliphatic carbocycles. The number of esters is 1. The van der Waals surface area contributed by atoms with Crippen LogP contribution in [0.15, 0.2) is 11.2 Å². The highest BCUT2D eigenvalue weighted by molar-refractivity contribution is 7.86. The minimum atomic E-state index is -4.98. The smallest absolute Gasteiger partial charge is 0.350 e. The fourth-order valence-electron chi connectivity index (χ4n) is 0.965. The zero-order chi connectivity index (χ0) is 10.9. The molecule has 0 aliphatic rings. The number of aromatic nitrogens is 2. The lowest BCUT2D eigenvalue weighted by molar-refractivity contribution is 0.0595. The van der Waals surface area contributed by atoms with Gasteiger partial charge in [-0.25, -0.2) is 4.79 Å². The number of ether oxygens (including phenoxy) is 1. The van der Waals surface area contributed by atoms with Crippen molar-refractivity contribution in [3.8, 4) is 0 Å². The number of halogens is 1. The third-order valence-electron chi connectivity index (χ3n) is 1.52. The molecule has 0 unspecified atom stereocenters. The van der Waals surface area contributed by atoms with E-state index in [4.69, 9.17) is 0 Å². The van der Waals surface area contributed by atoms with Crippen LogP contribution in [-0.2, 0) is 22.0 Å². The molecule has 0 fully saturated rings. The van der Waals surface area contributed by atoms with Crippen LogP contribution in [0.1, 0.15) is 10.4 Å². The number of hydrogen-bond acceptors (Lipinski definition) is 5. The van der Waals surface area contributed by atoms with Crippen LogP contribution in [0.4, 0.5) is 3.89 Å². The van der Waals surface area contributed by atoms with Gasteiger partial charge in [-0.05, 0) is 0 Å². The van der Waals surface area contributed by atoms with E-state index in [1.807, 2.05) is 0 Å². The minimum Gasteiger partial charge on any atom is -0.465 e. The van der Waals surface area contributed by atoms with E-state index in [0.717, 1.165) is 18.0 Å². The van der Waals surface area contributed by atoms with E-state index in [1.165, 1.54) is 7.05 Å². The Morgan fingerprint density at radius 3 is 2.64 bits per heavy atom. The molecule has 0 bridgehead atoms. The molecule has 78 valence electrons. The second kappa shape index (κ2) is 3.37. The maximum absolute atomic E-state index is 12.7. The van der Waals surface area contributed by atoms with Crippen molar-refractivity contribution in [3.63, 3.8) is 0 Å². The summed E-state index contributed by atoms with van der Waals surface area (Å²) in [6.45, 7) is 0. The van der Waals surface area contributed by atoms with E-state index < -0.39 is 26.8 Å². The van der Waals surface area contributed by atoms with Gasteiger partial charge in [0.2, 0.25) is 0 Å². The third-order valence-corrected chi connectivity index (χ3v) is 2.47. The van der Waals surface area contributed by atoms with Gasteiger partial charge < -0.3 is 4.74 Å². The van der Waals surface area contributed by atoms with E-state index in [2.05, 4.69) is 9.84 Å². The Bertz CT molecular complexity index is 464. The summed E-state index contributed by atoms with van der Waals surface area (Å²) in [6, 6.07) is 0. The van der Waals surface area contributed by atoms with Gasteiger partial charge >= 0.3 is 16.2 Å². The summed E-state index contributed by atoms with van der Waals surface area (Å²) in [4.78, 5) is 11.0. The molecular weight excluding hydrogens is 215 g/mol. The molecule has 1 aromatic rings. The van der Waals surface area contributed by atoms with Crippen molar-refractivity contribution in [1.29, 1.82) is 0 Å². The Morgan fingerprint density at radius 2 is 2.21 bits per heavy atom. The highest BCUT2D eigenvalue weighted by Crippen LogP contribution is 2.17. The number of nitrogens with zero attached hydrogens (tertiary/aromatic N) is 2. The summed E-state index contributed by atoms with van der Waals surface area (Å²) >= 11 is 0. The molecule has 1 heterocycles. The molecule has 0 spiro atoms. The van der Waals surface area contributed by atoms with Crippen molar-refractivity contribution >= 4 is 16.2 Å². The van der Waals surface area contributed by atoms with Gasteiger partial charge in [0.15, 0.2) is 5.03 Å². The summed E-state index contributed by atoms with van der Waals surface area (Å²) in [7, 11) is -2.71. The predicted octanol–water partition coefficient (Wildman–Crippen LogP) is -0.135.